The molecule has 1 aromatic rings. The Morgan fingerprint density at radius 3 is 2.53 bits per heavy atom. The van der Waals surface area contributed by atoms with Crippen LogP contribution in [0.5, 0.6) is 0 Å². The quantitative estimate of drug-likeness (QED) is 0.884. The summed E-state index contributed by atoms with van der Waals surface area (Å²) in [5.74, 6) is 1.46. The molecule has 0 amide bonds. The van der Waals surface area contributed by atoms with Gasteiger partial charge in [0.1, 0.15) is 5.60 Å². The minimum absolute atomic E-state index is 0.0344. The van der Waals surface area contributed by atoms with Crippen LogP contribution in [0.4, 0.5) is 0 Å². The number of hydrogen-bond donors (Lipinski definition) is 1. The van der Waals surface area contributed by atoms with Crippen LogP contribution in [0.3, 0.4) is 0 Å². The Balaban J connectivity index is 1.86. The van der Waals surface area contributed by atoms with E-state index in [1.807, 2.05) is 6.92 Å². The molecule has 5 nitrogen and oxygen atoms in total. The van der Waals surface area contributed by atoms with Crippen LogP contribution in [0.15, 0.2) is 4.52 Å². The van der Waals surface area contributed by atoms with Crippen molar-refractivity contribution in [2.75, 3.05) is 13.2 Å². The lowest BCUT2D eigenvalue weighted by Gasteiger charge is -2.33. The van der Waals surface area contributed by atoms with Gasteiger partial charge < -0.3 is 15.0 Å². The maximum Gasteiger partial charge on any atom is 0.234 e. The van der Waals surface area contributed by atoms with Crippen LogP contribution in [-0.4, -0.2) is 23.3 Å². The van der Waals surface area contributed by atoms with E-state index in [0.29, 0.717) is 13.2 Å². The first-order chi connectivity index (χ1) is 9.25. The van der Waals surface area contributed by atoms with E-state index in [1.165, 1.54) is 19.3 Å². The molecule has 5 heteroatoms. The summed E-state index contributed by atoms with van der Waals surface area (Å²) in [7, 11) is 0. The molecule has 2 saturated carbocycles. The van der Waals surface area contributed by atoms with Crippen molar-refractivity contribution in [3.63, 3.8) is 0 Å². The molecule has 0 aliphatic heterocycles. The van der Waals surface area contributed by atoms with E-state index >= 15 is 0 Å². The van der Waals surface area contributed by atoms with Crippen molar-refractivity contribution in [3.05, 3.63) is 11.7 Å². The van der Waals surface area contributed by atoms with Gasteiger partial charge in [-0.15, -0.1) is 0 Å². The maximum atomic E-state index is 6.02. The Hall–Kier alpha value is -0.940. The zero-order chi connectivity index (χ0) is 13.3. The molecule has 0 bridgehead atoms. The van der Waals surface area contributed by atoms with E-state index in [1.54, 1.807) is 0 Å². The second kappa shape index (κ2) is 4.87. The molecule has 106 valence electrons. The second-order valence-electron chi connectivity index (χ2n) is 5.90. The molecule has 3 rings (SSSR count). The predicted molar refractivity (Wildman–Crippen MR) is 70.7 cm³/mol. The van der Waals surface area contributed by atoms with Crippen molar-refractivity contribution in [3.8, 4) is 0 Å². The fourth-order valence-corrected chi connectivity index (χ4v) is 3.11. The monoisotopic (exact) mass is 265 g/mol. The zero-order valence-corrected chi connectivity index (χ0v) is 11.7. The van der Waals surface area contributed by atoms with Crippen molar-refractivity contribution in [1.82, 2.24) is 10.1 Å². The number of aromatic nitrogens is 2. The normalized spacial score (nSPS) is 24.3. The summed E-state index contributed by atoms with van der Waals surface area (Å²) in [4.78, 5) is 4.65. The summed E-state index contributed by atoms with van der Waals surface area (Å²) in [5.41, 5.74) is 5.47. The number of ether oxygens (including phenoxy) is 1. The van der Waals surface area contributed by atoms with Gasteiger partial charge in [0.15, 0.2) is 0 Å². The van der Waals surface area contributed by atoms with Gasteiger partial charge in [0.05, 0.1) is 5.41 Å². The molecule has 2 aliphatic rings. The van der Waals surface area contributed by atoms with E-state index < -0.39 is 0 Å². The molecule has 1 aromatic heterocycles. The van der Waals surface area contributed by atoms with Crippen molar-refractivity contribution in [2.45, 2.75) is 62.9 Å². The maximum absolute atomic E-state index is 6.02. The molecule has 2 fully saturated rings. The van der Waals surface area contributed by atoms with Gasteiger partial charge in [-0.25, -0.2) is 0 Å². The SMILES string of the molecule is CCOC1(c2noc(C3(CN)CC3)n2)CCCCC1. The Morgan fingerprint density at radius 1 is 1.21 bits per heavy atom. The molecule has 1 heterocycles. The summed E-state index contributed by atoms with van der Waals surface area (Å²) in [6, 6.07) is 0. The van der Waals surface area contributed by atoms with Gasteiger partial charge in [-0.1, -0.05) is 24.4 Å². The fourth-order valence-electron chi connectivity index (χ4n) is 3.11. The number of nitrogens with zero attached hydrogens (tertiary/aromatic N) is 2. The van der Waals surface area contributed by atoms with Gasteiger partial charge in [0.25, 0.3) is 0 Å². The minimum atomic E-state index is -0.320. The summed E-state index contributed by atoms with van der Waals surface area (Å²) in [6.07, 6.45) is 7.73. The first kappa shape index (κ1) is 13.1. The highest BCUT2D eigenvalue weighted by atomic mass is 16.5. The highest BCUT2D eigenvalue weighted by Crippen LogP contribution is 2.47. The average molecular weight is 265 g/mol. The molecule has 19 heavy (non-hydrogen) atoms. The summed E-state index contributed by atoms with van der Waals surface area (Å²) in [6.45, 7) is 3.31. The molecular weight excluding hydrogens is 242 g/mol. The number of nitrogens with two attached hydrogens (primary N) is 1. The molecule has 0 unspecified atom stereocenters. The first-order valence-corrected chi connectivity index (χ1v) is 7.43. The highest BCUT2D eigenvalue weighted by molar-refractivity contribution is 5.18. The van der Waals surface area contributed by atoms with Crippen molar-refractivity contribution < 1.29 is 9.26 Å². The average Bonchev–Trinajstić information content (AvgIpc) is 3.08. The highest BCUT2D eigenvalue weighted by Gasteiger charge is 2.49. The van der Waals surface area contributed by atoms with Crippen LogP contribution in [-0.2, 0) is 15.8 Å². The van der Waals surface area contributed by atoms with Crippen molar-refractivity contribution in [2.24, 2.45) is 5.73 Å². The van der Waals surface area contributed by atoms with E-state index in [4.69, 9.17) is 15.0 Å². The summed E-state index contributed by atoms with van der Waals surface area (Å²) < 4.78 is 11.5. The molecule has 0 spiro atoms. The lowest BCUT2D eigenvalue weighted by molar-refractivity contribution is -0.0777. The van der Waals surface area contributed by atoms with Gasteiger partial charge in [0.2, 0.25) is 11.7 Å². The van der Waals surface area contributed by atoms with Crippen LogP contribution >= 0.6 is 0 Å². The van der Waals surface area contributed by atoms with E-state index in [0.717, 1.165) is 37.4 Å². The van der Waals surface area contributed by atoms with E-state index in [9.17, 15) is 0 Å². The molecule has 2 aliphatic carbocycles. The molecule has 0 atom stereocenters. The van der Waals surface area contributed by atoms with E-state index in [2.05, 4.69) is 10.1 Å². The third-order valence-electron chi connectivity index (χ3n) is 4.61. The van der Waals surface area contributed by atoms with Crippen LogP contribution in [0.1, 0.15) is 63.6 Å². The smallest absolute Gasteiger partial charge is 0.234 e. The number of hydrogen-bond acceptors (Lipinski definition) is 5. The topological polar surface area (TPSA) is 74.2 Å². The van der Waals surface area contributed by atoms with Gasteiger partial charge in [-0.05, 0) is 32.6 Å². The molecule has 2 N–H and O–H groups in total. The molecular formula is C14H23N3O2. The van der Waals surface area contributed by atoms with Gasteiger partial charge in [-0.2, -0.15) is 4.98 Å². The van der Waals surface area contributed by atoms with E-state index in [-0.39, 0.29) is 11.0 Å². The summed E-state index contributed by atoms with van der Waals surface area (Å²) >= 11 is 0. The largest absolute Gasteiger partial charge is 0.367 e. The third-order valence-corrected chi connectivity index (χ3v) is 4.61. The van der Waals surface area contributed by atoms with Gasteiger partial charge >= 0.3 is 0 Å². The zero-order valence-electron chi connectivity index (χ0n) is 11.7. The lowest BCUT2D eigenvalue weighted by Crippen LogP contribution is -2.34. The third kappa shape index (κ3) is 2.19. The van der Waals surface area contributed by atoms with Crippen LogP contribution in [0.25, 0.3) is 0 Å². The van der Waals surface area contributed by atoms with Gasteiger partial charge in [-0.3, -0.25) is 0 Å². The second-order valence-corrected chi connectivity index (χ2v) is 5.90. The standard InChI is InChI=1S/C14H23N3O2/c1-2-18-14(6-4-3-5-7-14)11-16-12(19-17-11)13(10-15)8-9-13/h2-10,15H2,1H3. The number of rotatable bonds is 5. The van der Waals surface area contributed by atoms with Gasteiger partial charge in [0, 0.05) is 13.2 Å². The van der Waals surface area contributed by atoms with Crippen LogP contribution in [0, 0.1) is 0 Å². The van der Waals surface area contributed by atoms with Crippen LogP contribution < -0.4 is 5.73 Å². The summed E-state index contributed by atoms with van der Waals surface area (Å²) in [5, 5.41) is 4.22. The molecule has 0 saturated heterocycles. The van der Waals surface area contributed by atoms with Crippen molar-refractivity contribution >= 4 is 0 Å². The predicted octanol–water partition coefficient (Wildman–Crippen LogP) is 2.26. The van der Waals surface area contributed by atoms with Crippen molar-refractivity contribution in [1.29, 1.82) is 0 Å². The Bertz CT molecular complexity index is 428. The Morgan fingerprint density at radius 2 is 1.95 bits per heavy atom. The Kier molecular flexibility index (Phi) is 3.35. The first-order valence-electron chi connectivity index (χ1n) is 7.43. The molecule has 0 radical (unpaired) electrons. The molecule has 0 aromatic carbocycles. The lowest BCUT2D eigenvalue weighted by atomic mass is 9.84. The fraction of sp³-hybridized carbons (Fsp3) is 0.857. The minimum Gasteiger partial charge on any atom is -0.367 e. The Labute approximate surface area is 113 Å². The van der Waals surface area contributed by atoms with Crippen LogP contribution in [0.2, 0.25) is 0 Å².